The summed E-state index contributed by atoms with van der Waals surface area (Å²) in [7, 11) is 2.24. The van der Waals surface area contributed by atoms with E-state index in [2.05, 4.69) is 16.9 Å². The van der Waals surface area contributed by atoms with Crippen LogP contribution in [-0.2, 0) is 0 Å². The van der Waals surface area contributed by atoms with Crippen molar-refractivity contribution >= 4 is 33.7 Å². The summed E-state index contributed by atoms with van der Waals surface area (Å²) in [6.07, 6.45) is 12.1. The molecule has 2 bridgehead atoms. The van der Waals surface area contributed by atoms with E-state index in [1.165, 1.54) is 24.2 Å². The first-order chi connectivity index (χ1) is 16.1. The number of aromatic nitrogens is 2. The van der Waals surface area contributed by atoms with Crippen molar-refractivity contribution < 1.29 is 9.15 Å². The summed E-state index contributed by atoms with van der Waals surface area (Å²) in [6, 6.07) is 14.7. The molecular weight excluding hydrogens is 434 g/mol. The average Bonchev–Trinajstić information content (AvgIpc) is 3.53. The molecule has 1 aromatic carbocycles. The van der Waals surface area contributed by atoms with E-state index < -0.39 is 0 Å². The highest BCUT2D eigenvalue weighted by molar-refractivity contribution is 7.19. The van der Waals surface area contributed by atoms with E-state index in [9.17, 15) is 4.79 Å². The number of nitrogens with zero attached hydrogens (tertiary/aromatic N) is 3. The lowest BCUT2D eigenvalue weighted by atomic mass is 10.0. The molecule has 4 aromatic rings. The van der Waals surface area contributed by atoms with Crippen LogP contribution in [0.2, 0.25) is 0 Å². The fourth-order valence-electron chi connectivity index (χ4n) is 5.08. The van der Waals surface area contributed by atoms with Gasteiger partial charge >= 0.3 is 0 Å². The summed E-state index contributed by atoms with van der Waals surface area (Å²) < 4.78 is 13.9. The van der Waals surface area contributed by atoms with Crippen LogP contribution in [0.25, 0.3) is 28.1 Å². The SMILES string of the molecule is CN1[C@@H]2CC[C@H]1CC(Oc1ccc(-n3cnc4cc(/C=C/c5ccco5)sc4c3=O)cc1)C2. The van der Waals surface area contributed by atoms with Crippen molar-refractivity contribution in [3.8, 4) is 11.4 Å². The minimum atomic E-state index is -0.0665. The molecule has 33 heavy (non-hydrogen) atoms. The maximum Gasteiger partial charge on any atom is 0.275 e. The van der Waals surface area contributed by atoms with E-state index in [4.69, 9.17) is 9.15 Å². The molecule has 0 saturated carbocycles. The van der Waals surface area contributed by atoms with E-state index >= 15 is 0 Å². The Morgan fingerprint density at radius 3 is 2.64 bits per heavy atom. The zero-order chi connectivity index (χ0) is 22.4. The first kappa shape index (κ1) is 20.4. The second-order valence-corrected chi connectivity index (χ2v) is 9.97. The Morgan fingerprint density at radius 1 is 1.12 bits per heavy atom. The molecule has 2 saturated heterocycles. The molecule has 0 aliphatic carbocycles. The van der Waals surface area contributed by atoms with E-state index in [-0.39, 0.29) is 11.7 Å². The van der Waals surface area contributed by atoms with Gasteiger partial charge in [0.1, 0.15) is 28.6 Å². The fraction of sp³-hybridized carbons (Fsp3) is 0.308. The molecule has 168 valence electrons. The van der Waals surface area contributed by atoms with Crippen LogP contribution >= 0.6 is 11.3 Å². The molecule has 3 aromatic heterocycles. The quantitative estimate of drug-likeness (QED) is 0.410. The third kappa shape index (κ3) is 3.92. The van der Waals surface area contributed by atoms with Gasteiger partial charge in [-0.3, -0.25) is 9.36 Å². The Labute approximate surface area is 195 Å². The Kier molecular flexibility index (Phi) is 5.15. The van der Waals surface area contributed by atoms with Gasteiger partial charge in [-0.05, 0) is 87.3 Å². The molecule has 5 heterocycles. The van der Waals surface area contributed by atoms with Crippen molar-refractivity contribution in [2.45, 2.75) is 43.9 Å². The second kappa shape index (κ2) is 8.32. The first-order valence-electron chi connectivity index (χ1n) is 11.4. The maximum absolute atomic E-state index is 13.1. The van der Waals surface area contributed by atoms with Gasteiger partial charge in [0.2, 0.25) is 0 Å². The van der Waals surface area contributed by atoms with Gasteiger partial charge in [-0.1, -0.05) is 0 Å². The molecule has 1 unspecified atom stereocenters. The normalized spacial score (nSPS) is 23.0. The number of piperidine rings is 1. The molecule has 2 aliphatic heterocycles. The predicted octanol–water partition coefficient (Wildman–Crippen LogP) is 5.21. The average molecular weight is 460 g/mol. The minimum absolute atomic E-state index is 0.0665. The van der Waals surface area contributed by atoms with Crippen LogP contribution in [0.1, 0.15) is 36.3 Å². The molecule has 3 atom stereocenters. The lowest BCUT2D eigenvalue weighted by Crippen LogP contribution is -2.43. The van der Waals surface area contributed by atoms with Crippen LogP contribution in [0.15, 0.2) is 64.3 Å². The van der Waals surface area contributed by atoms with Gasteiger partial charge in [-0.2, -0.15) is 0 Å². The summed E-state index contributed by atoms with van der Waals surface area (Å²) in [5, 5.41) is 0. The smallest absolute Gasteiger partial charge is 0.275 e. The first-order valence-corrected chi connectivity index (χ1v) is 12.2. The van der Waals surface area contributed by atoms with Crippen molar-refractivity contribution in [3.63, 3.8) is 0 Å². The number of benzene rings is 1. The van der Waals surface area contributed by atoms with Crippen LogP contribution in [0.4, 0.5) is 0 Å². The zero-order valence-electron chi connectivity index (χ0n) is 18.4. The van der Waals surface area contributed by atoms with E-state index in [0.717, 1.165) is 34.9 Å². The molecule has 6 nitrogen and oxygen atoms in total. The Balaban J connectivity index is 1.21. The monoisotopic (exact) mass is 459 g/mol. The lowest BCUT2D eigenvalue weighted by molar-refractivity contribution is 0.0662. The van der Waals surface area contributed by atoms with Crippen LogP contribution in [0, 0.1) is 0 Å². The summed E-state index contributed by atoms with van der Waals surface area (Å²) in [5.41, 5.74) is 1.42. The zero-order valence-corrected chi connectivity index (χ0v) is 19.2. The summed E-state index contributed by atoms with van der Waals surface area (Å²) in [4.78, 5) is 21.1. The van der Waals surface area contributed by atoms with Gasteiger partial charge in [-0.25, -0.2) is 4.98 Å². The summed E-state index contributed by atoms with van der Waals surface area (Å²) in [5.74, 6) is 1.63. The number of ether oxygens (including phenoxy) is 1. The number of rotatable bonds is 5. The molecule has 0 radical (unpaired) electrons. The van der Waals surface area contributed by atoms with Crippen molar-refractivity contribution in [1.82, 2.24) is 14.5 Å². The van der Waals surface area contributed by atoms with Crippen molar-refractivity contribution in [2.75, 3.05) is 7.05 Å². The number of hydrogen-bond donors (Lipinski definition) is 0. The standard InChI is InChI=1S/C26H25N3O3S/c1-28-18-4-5-19(28)14-22(13-18)32-21-8-6-17(7-9-21)29-16-27-24-15-23(33-25(24)26(29)30)11-10-20-3-2-12-31-20/h2-3,6-12,15-16,18-19,22H,4-5,13-14H2,1H3/b11-10+/t18-,19+,22?. The number of furan rings is 1. The number of fused-ring (bicyclic) bond motifs is 3. The van der Waals surface area contributed by atoms with Crippen LogP contribution in [0.5, 0.6) is 5.75 Å². The van der Waals surface area contributed by atoms with Crippen molar-refractivity contribution in [2.24, 2.45) is 0 Å². The lowest BCUT2D eigenvalue weighted by Gasteiger charge is -2.36. The maximum atomic E-state index is 13.1. The van der Waals surface area contributed by atoms with Gasteiger partial charge in [0.05, 0.1) is 17.5 Å². The summed E-state index contributed by atoms with van der Waals surface area (Å²) in [6.45, 7) is 0. The van der Waals surface area contributed by atoms with Gasteiger partial charge in [0.25, 0.3) is 5.56 Å². The van der Waals surface area contributed by atoms with Crippen LogP contribution in [-0.4, -0.2) is 39.7 Å². The van der Waals surface area contributed by atoms with Gasteiger partial charge in [-0.15, -0.1) is 11.3 Å². The second-order valence-electron chi connectivity index (χ2n) is 8.89. The molecular formula is C26H25N3O3S. The molecule has 6 rings (SSSR count). The highest BCUT2D eigenvalue weighted by Gasteiger charge is 2.39. The Morgan fingerprint density at radius 2 is 1.91 bits per heavy atom. The van der Waals surface area contributed by atoms with Gasteiger partial charge < -0.3 is 14.1 Å². The van der Waals surface area contributed by atoms with Crippen LogP contribution < -0.4 is 10.3 Å². The third-order valence-corrected chi connectivity index (χ3v) is 7.96. The highest BCUT2D eigenvalue weighted by atomic mass is 32.1. The van der Waals surface area contributed by atoms with Crippen LogP contribution in [0.3, 0.4) is 0 Å². The highest BCUT2D eigenvalue weighted by Crippen LogP contribution is 2.36. The molecule has 7 heteroatoms. The molecule has 2 aliphatic rings. The van der Waals surface area contributed by atoms with Gasteiger partial charge in [0, 0.05) is 17.0 Å². The number of hydrogen-bond acceptors (Lipinski definition) is 6. The van der Waals surface area contributed by atoms with E-state index in [1.807, 2.05) is 54.6 Å². The third-order valence-electron chi connectivity index (χ3n) is 6.88. The largest absolute Gasteiger partial charge is 0.490 e. The van der Waals surface area contributed by atoms with E-state index in [0.29, 0.717) is 22.3 Å². The van der Waals surface area contributed by atoms with Crippen molar-refractivity contribution in [3.05, 3.63) is 76.0 Å². The molecule has 0 N–H and O–H groups in total. The number of thiophene rings is 1. The molecule has 0 spiro atoms. The molecule has 0 amide bonds. The molecule has 2 fully saturated rings. The topological polar surface area (TPSA) is 60.5 Å². The Hall–Kier alpha value is -3.16. The predicted molar refractivity (Wildman–Crippen MR) is 131 cm³/mol. The van der Waals surface area contributed by atoms with Crippen molar-refractivity contribution in [1.29, 1.82) is 0 Å². The van der Waals surface area contributed by atoms with E-state index in [1.54, 1.807) is 17.2 Å². The van der Waals surface area contributed by atoms with Gasteiger partial charge in [0.15, 0.2) is 0 Å². The minimum Gasteiger partial charge on any atom is -0.490 e. The fourth-order valence-corrected chi connectivity index (χ4v) is 6.03. The Bertz CT molecular complexity index is 1340. The summed E-state index contributed by atoms with van der Waals surface area (Å²) >= 11 is 1.43.